The van der Waals surface area contributed by atoms with E-state index in [1.165, 1.54) is 24.3 Å². The molecule has 0 aliphatic carbocycles. The molecule has 0 aliphatic rings. The van der Waals surface area contributed by atoms with Crippen molar-refractivity contribution in [1.82, 2.24) is 9.97 Å². The standard InChI is InChI=1S/C19H16F2N2O2.C2H6/c1-19(20,21)13-5-7-14(8-6-13)25-18-15(4-3-10-23-18)16-12-22-11-9-17(16)24-2;1-2/h3-12H,1-2H3;1-2H3. The number of methoxy groups -OCH3 is 1. The van der Waals surface area contributed by atoms with E-state index in [9.17, 15) is 8.78 Å². The van der Waals surface area contributed by atoms with Crippen LogP contribution in [0.15, 0.2) is 61.1 Å². The number of pyridine rings is 2. The lowest BCUT2D eigenvalue weighted by atomic mass is 10.1. The van der Waals surface area contributed by atoms with Crippen LogP contribution in [0.5, 0.6) is 17.4 Å². The Morgan fingerprint density at radius 1 is 0.926 bits per heavy atom. The zero-order valence-electron chi connectivity index (χ0n) is 15.7. The first-order valence-corrected chi connectivity index (χ1v) is 8.58. The third-order valence-electron chi connectivity index (χ3n) is 3.64. The van der Waals surface area contributed by atoms with Crippen molar-refractivity contribution in [2.75, 3.05) is 7.11 Å². The van der Waals surface area contributed by atoms with Crippen LogP contribution in [0.25, 0.3) is 11.1 Å². The topological polar surface area (TPSA) is 44.2 Å². The number of hydrogen-bond acceptors (Lipinski definition) is 4. The van der Waals surface area contributed by atoms with Gasteiger partial charge in [-0.1, -0.05) is 13.8 Å². The number of aromatic nitrogens is 2. The van der Waals surface area contributed by atoms with Crippen molar-refractivity contribution < 1.29 is 18.3 Å². The van der Waals surface area contributed by atoms with Gasteiger partial charge in [0, 0.05) is 42.2 Å². The lowest BCUT2D eigenvalue weighted by Gasteiger charge is -2.14. The van der Waals surface area contributed by atoms with Crippen LogP contribution in [-0.2, 0) is 5.92 Å². The normalized spacial score (nSPS) is 10.6. The fraction of sp³-hybridized carbons (Fsp3) is 0.238. The summed E-state index contributed by atoms with van der Waals surface area (Å²) in [6.45, 7) is 4.86. The smallest absolute Gasteiger partial charge is 0.270 e. The summed E-state index contributed by atoms with van der Waals surface area (Å²) in [5.41, 5.74) is 1.34. The third kappa shape index (κ3) is 5.00. The molecule has 0 N–H and O–H groups in total. The Morgan fingerprint density at radius 3 is 2.26 bits per heavy atom. The van der Waals surface area contributed by atoms with Crippen molar-refractivity contribution >= 4 is 0 Å². The molecule has 27 heavy (non-hydrogen) atoms. The number of halogens is 2. The number of ether oxygens (including phenoxy) is 2. The van der Waals surface area contributed by atoms with Crippen LogP contribution in [0.2, 0.25) is 0 Å². The summed E-state index contributed by atoms with van der Waals surface area (Å²) in [6, 6.07) is 11.0. The van der Waals surface area contributed by atoms with Gasteiger partial charge in [0.2, 0.25) is 5.88 Å². The second-order valence-electron chi connectivity index (χ2n) is 5.45. The number of alkyl halides is 2. The quantitative estimate of drug-likeness (QED) is 0.544. The minimum atomic E-state index is -2.89. The van der Waals surface area contributed by atoms with Crippen LogP contribution in [0, 0.1) is 0 Å². The molecule has 3 aromatic rings. The Morgan fingerprint density at radius 2 is 1.63 bits per heavy atom. The van der Waals surface area contributed by atoms with E-state index in [2.05, 4.69) is 9.97 Å². The van der Waals surface area contributed by atoms with E-state index in [1.807, 2.05) is 19.9 Å². The summed E-state index contributed by atoms with van der Waals surface area (Å²) < 4.78 is 37.8. The van der Waals surface area contributed by atoms with Gasteiger partial charge in [-0.3, -0.25) is 4.98 Å². The van der Waals surface area contributed by atoms with Crippen LogP contribution in [-0.4, -0.2) is 17.1 Å². The SMILES string of the molecule is CC.COc1ccncc1-c1cccnc1Oc1ccc(C(C)(F)F)cc1. The summed E-state index contributed by atoms with van der Waals surface area (Å²) in [6.07, 6.45) is 4.88. The van der Waals surface area contributed by atoms with E-state index in [4.69, 9.17) is 9.47 Å². The molecule has 0 atom stereocenters. The van der Waals surface area contributed by atoms with Gasteiger partial charge in [0.15, 0.2) is 0 Å². The fourth-order valence-electron chi connectivity index (χ4n) is 2.37. The van der Waals surface area contributed by atoms with Crippen molar-refractivity contribution in [2.24, 2.45) is 0 Å². The highest BCUT2D eigenvalue weighted by Crippen LogP contribution is 2.36. The average molecular weight is 372 g/mol. The Balaban J connectivity index is 0.00000126. The molecule has 3 rings (SSSR count). The molecule has 0 saturated heterocycles. The summed E-state index contributed by atoms with van der Waals surface area (Å²) in [4.78, 5) is 8.35. The van der Waals surface area contributed by atoms with E-state index in [0.29, 0.717) is 22.9 Å². The van der Waals surface area contributed by atoms with Crippen LogP contribution in [0.4, 0.5) is 8.78 Å². The monoisotopic (exact) mass is 372 g/mol. The molecule has 0 saturated carbocycles. The molecule has 142 valence electrons. The molecule has 6 heteroatoms. The van der Waals surface area contributed by atoms with Gasteiger partial charge in [-0.2, -0.15) is 0 Å². The van der Waals surface area contributed by atoms with Gasteiger partial charge in [-0.15, -0.1) is 0 Å². The van der Waals surface area contributed by atoms with Crippen LogP contribution in [0.1, 0.15) is 26.3 Å². The summed E-state index contributed by atoms with van der Waals surface area (Å²) in [7, 11) is 1.57. The Labute approximate surface area is 157 Å². The maximum absolute atomic E-state index is 13.3. The summed E-state index contributed by atoms with van der Waals surface area (Å²) >= 11 is 0. The minimum absolute atomic E-state index is 0.0741. The Hall–Kier alpha value is -3.02. The molecule has 0 fully saturated rings. The van der Waals surface area contributed by atoms with Crippen molar-refractivity contribution in [1.29, 1.82) is 0 Å². The van der Waals surface area contributed by atoms with Crippen molar-refractivity contribution in [3.05, 3.63) is 66.6 Å². The maximum atomic E-state index is 13.3. The largest absolute Gasteiger partial charge is 0.496 e. The van der Waals surface area contributed by atoms with Gasteiger partial charge in [0.1, 0.15) is 11.5 Å². The summed E-state index contributed by atoms with van der Waals surface area (Å²) in [5, 5.41) is 0. The van der Waals surface area contributed by atoms with Crippen molar-refractivity contribution in [3.63, 3.8) is 0 Å². The Bertz CT molecular complexity index is 863. The average Bonchev–Trinajstić information content (AvgIpc) is 2.70. The van der Waals surface area contributed by atoms with Crippen molar-refractivity contribution in [2.45, 2.75) is 26.7 Å². The molecule has 0 bridgehead atoms. The molecule has 2 heterocycles. The lowest BCUT2D eigenvalue weighted by Crippen LogP contribution is -2.06. The van der Waals surface area contributed by atoms with E-state index in [1.54, 1.807) is 37.8 Å². The molecule has 0 unspecified atom stereocenters. The number of nitrogens with zero attached hydrogens (tertiary/aromatic N) is 2. The van der Waals surface area contributed by atoms with Gasteiger partial charge >= 0.3 is 0 Å². The van der Waals surface area contributed by atoms with Crippen molar-refractivity contribution in [3.8, 4) is 28.5 Å². The molecular formula is C21H22F2N2O2. The molecule has 2 aromatic heterocycles. The molecule has 0 aliphatic heterocycles. The molecule has 0 radical (unpaired) electrons. The highest BCUT2D eigenvalue weighted by Gasteiger charge is 2.24. The van der Waals surface area contributed by atoms with Gasteiger partial charge < -0.3 is 9.47 Å². The van der Waals surface area contributed by atoms with E-state index < -0.39 is 5.92 Å². The van der Waals surface area contributed by atoms with Crippen LogP contribution >= 0.6 is 0 Å². The predicted molar refractivity (Wildman–Crippen MR) is 101 cm³/mol. The predicted octanol–water partition coefficient (Wildman–Crippen LogP) is 6.08. The molecule has 1 aromatic carbocycles. The number of rotatable bonds is 5. The highest BCUT2D eigenvalue weighted by molar-refractivity contribution is 5.73. The van der Waals surface area contributed by atoms with Gasteiger partial charge in [-0.25, -0.2) is 13.8 Å². The van der Waals surface area contributed by atoms with Gasteiger partial charge in [0.25, 0.3) is 5.92 Å². The third-order valence-corrected chi connectivity index (χ3v) is 3.64. The van der Waals surface area contributed by atoms with E-state index in [-0.39, 0.29) is 5.56 Å². The first-order chi connectivity index (χ1) is 13.0. The summed E-state index contributed by atoms with van der Waals surface area (Å²) in [5.74, 6) is -1.51. The minimum Gasteiger partial charge on any atom is -0.496 e. The zero-order chi connectivity index (χ0) is 19.9. The van der Waals surface area contributed by atoms with Crippen LogP contribution in [0.3, 0.4) is 0 Å². The zero-order valence-corrected chi connectivity index (χ0v) is 15.7. The molecule has 0 spiro atoms. The highest BCUT2D eigenvalue weighted by atomic mass is 19.3. The van der Waals surface area contributed by atoms with E-state index in [0.717, 1.165) is 12.5 Å². The second kappa shape index (κ2) is 9.07. The van der Waals surface area contributed by atoms with Crippen LogP contribution < -0.4 is 9.47 Å². The molecular weight excluding hydrogens is 350 g/mol. The van der Waals surface area contributed by atoms with Gasteiger partial charge in [-0.05, 0) is 42.5 Å². The Kier molecular flexibility index (Phi) is 6.82. The second-order valence-corrected chi connectivity index (χ2v) is 5.45. The van der Waals surface area contributed by atoms with Gasteiger partial charge in [0.05, 0.1) is 7.11 Å². The fourth-order valence-corrected chi connectivity index (χ4v) is 2.37. The lowest BCUT2D eigenvalue weighted by molar-refractivity contribution is 0.0174. The molecule has 0 amide bonds. The molecule has 4 nitrogen and oxygen atoms in total. The number of benzene rings is 1. The van der Waals surface area contributed by atoms with E-state index >= 15 is 0 Å². The number of hydrogen-bond donors (Lipinski definition) is 0. The first kappa shape index (κ1) is 20.3. The first-order valence-electron chi connectivity index (χ1n) is 8.58. The maximum Gasteiger partial charge on any atom is 0.270 e.